The van der Waals surface area contributed by atoms with Crippen molar-refractivity contribution in [2.24, 2.45) is 10.7 Å². The topological polar surface area (TPSA) is 88.2 Å². The molecule has 1 aliphatic carbocycles. The first-order chi connectivity index (χ1) is 7.65. The maximum Gasteiger partial charge on any atom is 0.0867 e. The SMILES string of the molecule is N=C1C=C/C(=N\c2ccc(N)cc2)C(N)=C1. The van der Waals surface area contributed by atoms with Gasteiger partial charge in [-0.3, -0.25) is 0 Å². The van der Waals surface area contributed by atoms with E-state index in [9.17, 15) is 0 Å². The summed E-state index contributed by atoms with van der Waals surface area (Å²) in [6.45, 7) is 0. The summed E-state index contributed by atoms with van der Waals surface area (Å²) < 4.78 is 0. The summed E-state index contributed by atoms with van der Waals surface area (Å²) in [5.41, 5.74) is 14.4. The molecular formula is C12H12N4. The number of benzene rings is 1. The Morgan fingerprint density at radius 1 is 1.00 bits per heavy atom. The van der Waals surface area contributed by atoms with Gasteiger partial charge in [0.25, 0.3) is 0 Å². The molecule has 16 heavy (non-hydrogen) atoms. The first-order valence-corrected chi connectivity index (χ1v) is 4.83. The van der Waals surface area contributed by atoms with Crippen LogP contribution in [0.15, 0.2) is 53.2 Å². The molecule has 5 N–H and O–H groups in total. The van der Waals surface area contributed by atoms with Gasteiger partial charge in [0.05, 0.1) is 22.8 Å². The lowest BCUT2D eigenvalue weighted by Crippen LogP contribution is -2.14. The molecule has 1 aromatic carbocycles. The zero-order valence-electron chi connectivity index (χ0n) is 8.64. The third-order valence-corrected chi connectivity index (χ3v) is 2.17. The minimum Gasteiger partial charge on any atom is -0.399 e. The molecule has 0 atom stereocenters. The van der Waals surface area contributed by atoms with Crippen LogP contribution in [0.5, 0.6) is 0 Å². The molecule has 4 heteroatoms. The Labute approximate surface area is 93.5 Å². The Kier molecular flexibility index (Phi) is 2.55. The number of rotatable bonds is 1. The van der Waals surface area contributed by atoms with Crippen LogP contribution in [0.3, 0.4) is 0 Å². The van der Waals surface area contributed by atoms with Crippen LogP contribution in [0.25, 0.3) is 0 Å². The minimum absolute atomic E-state index is 0.383. The smallest absolute Gasteiger partial charge is 0.0867 e. The van der Waals surface area contributed by atoms with E-state index in [4.69, 9.17) is 16.9 Å². The van der Waals surface area contributed by atoms with Gasteiger partial charge in [0, 0.05) is 5.69 Å². The van der Waals surface area contributed by atoms with E-state index >= 15 is 0 Å². The Morgan fingerprint density at radius 3 is 2.31 bits per heavy atom. The van der Waals surface area contributed by atoms with Crippen LogP contribution in [0.1, 0.15) is 0 Å². The summed E-state index contributed by atoms with van der Waals surface area (Å²) in [5.74, 6) is 0. The molecule has 0 aromatic heterocycles. The van der Waals surface area contributed by atoms with Crippen molar-refractivity contribution in [2.45, 2.75) is 0 Å². The van der Waals surface area contributed by atoms with Crippen molar-refractivity contribution in [1.82, 2.24) is 0 Å². The fourth-order valence-corrected chi connectivity index (χ4v) is 1.34. The first kappa shape index (κ1) is 10.2. The van der Waals surface area contributed by atoms with Crippen LogP contribution in [-0.2, 0) is 0 Å². The molecule has 1 aromatic rings. The zero-order valence-corrected chi connectivity index (χ0v) is 8.64. The summed E-state index contributed by atoms with van der Waals surface area (Å²) in [7, 11) is 0. The van der Waals surface area contributed by atoms with Gasteiger partial charge in [-0.1, -0.05) is 0 Å². The van der Waals surface area contributed by atoms with E-state index in [1.54, 1.807) is 30.4 Å². The normalized spacial score (nSPS) is 17.6. The van der Waals surface area contributed by atoms with Crippen LogP contribution < -0.4 is 11.5 Å². The van der Waals surface area contributed by atoms with E-state index in [1.165, 1.54) is 0 Å². The fourth-order valence-electron chi connectivity index (χ4n) is 1.34. The van der Waals surface area contributed by atoms with Gasteiger partial charge in [-0.25, -0.2) is 4.99 Å². The van der Waals surface area contributed by atoms with Gasteiger partial charge in [0.2, 0.25) is 0 Å². The maximum absolute atomic E-state index is 7.40. The van der Waals surface area contributed by atoms with Gasteiger partial charge < -0.3 is 16.9 Å². The average molecular weight is 212 g/mol. The second-order valence-corrected chi connectivity index (χ2v) is 3.48. The molecule has 0 saturated carbocycles. The number of hydrogen-bond donors (Lipinski definition) is 3. The van der Waals surface area contributed by atoms with Crippen molar-refractivity contribution in [3.05, 3.63) is 48.2 Å². The van der Waals surface area contributed by atoms with Crippen molar-refractivity contribution in [2.75, 3.05) is 5.73 Å². The second-order valence-electron chi connectivity index (χ2n) is 3.48. The van der Waals surface area contributed by atoms with Crippen LogP contribution in [0.2, 0.25) is 0 Å². The van der Waals surface area contributed by atoms with Crippen molar-refractivity contribution in [3.8, 4) is 0 Å². The summed E-state index contributed by atoms with van der Waals surface area (Å²) in [6.07, 6.45) is 4.97. The van der Waals surface area contributed by atoms with Crippen LogP contribution in [-0.4, -0.2) is 11.4 Å². The molecule has 0 spiro atoms. The molecule has 0 heterocycles. The predicted octanol–water partition coefficient (Wildman–Crippen LogP) is 1.77. The maximum atomic E-state index is 7.40. The Morgan fingerprint density at radius 2 is 1.69 bits per heavy atom. The number of nitrogens with two attached hydrogens (primary N) is 2. The molecule has 0 saturated heterocycles. The molecule has 0 fully saturated rings. The molecule has 80 valence electrons. The Bertz CT molecular complexity index is 506. The summed E-state index contributed by atoms with van der Waals surface area (Å²) >= 11 is 0. The average Bonchev–Trinajstić information content (AvgIpc) is 2.25. The van der Waals surface area contributed by atoms with Gasteiger partial charge in [-0.05, 0) is 42.5 Å². The molecule has 0 radical (unpaired) electrons. The van der Waals surface area contributed by atoms with Gasteiger partial charge >= 0.3 is 0 Å². The number of nitrogens with zero attached hydrogens (tertiary/aromatic N) is 1. The monoisotopic (exact) mass is 212 g/mol. The lowest BCUT2D eigenvalue weighted by molar-refractivity contribution is 1.41. The van der Waals surface area contributed by atoms with E-state index in [2.05, 4.69) is 4.99 Å². The molecule has 0 bridgehead atoms. The highest BCUT2D eigenvalue weighted by Crippen LogP contribution is 2.16. The van der Waals surface area contributed by atoms with Gasteiger partial charge in [-0.15, -0.1) is 0 Å². The minimum atomic E-state index is 0.383. The molecular weight excluding hydrogens is 200 g/mol. The lowest BCUT2D eigenvalue weighted by atomic mass is 10.1. The van der Waals surface area contributed by atoms with Gasteiger partial charge in [0.1, 0.15) is 0 Å². The summed E-state index contributed by atoms with van der Waals surface area (Å²) in [6, 6.07) is 7.22. The van der Waals surface area contributed by atoms with E-state index in [0.29, 0.717) is 22.8 Å². The number of allylic oxidation sites excluding steroid dienone is 3. The quantitative estimate of drug-likeness (QED) is 0.489. The van der Waals surface area contributed by atoms with Gasteiger partial charge in [-0.2, -0.15) is 0 Å². The standard InChI is InChI=1S/C12H12N4/c13-8-1-4-10(5-2-8)16-12-6-3-9(14)7-11(12)15/h1-7,14H,13,15H2/b14-9?,16-12+. The van der Waals surface area contributed by atoms with Gasteiger partial charge in [0.15, 0.2) is 0 Å². The molecule has 1 aliphatic rings. The molecule has 2 rings (SSSR count). The number of aliphatic imine (C=N–C) groups is 1. The Balaban J connectivity index is 2.32. The molecule has 0 amide bonds. The first-order valence-electron chi connectivity index (χ1n) is 4.83. The van der Waals surface area contributed by atoms with E-state index in [1.807, 2.05) is 12.1 Å². The second kappa shape index (κ2) is 4.02. The lowest BCUT2D eigenvalue weighted by Gasteiger charge is -2.06. The summed E-state index contributed by atoms with van der Waals surface area (Å²) in [4.78, 5) is 4.36. The van der Waals surface area contributed by atoms with E-state index in [-0.39, 0.29) is 0 Å². The Hall–Kier alpha value is -2.36. The summed E-state index contributed by atoms with van der Waals surface area (Å²) in [5, 5.41) is 7.40. The number of nitrogen functional groups attached to an aromatic ring is 1. The number of anilines is 1. The highest BCUT2D eigenvalue weighted by Gasteiger charge is 2.05. The predicted molar refractivity (Wildman–Crippen MR) is 67.1 cm³/mol. The van der Waals surface area contributed by atoms with Crippen molar-refractivity contribution in [3.63, 3.8) is 0 Å². The van der Waals surface area contributed by atoms with Crippen LogP contribution in [0.4, 0.5) is 11.4 Å². The third-order valence-electron chi connectivity index (χ3n) is 2.17. The van der Waals surface area contributed by atoms with E-state index in [0.717, 1.165) is 5.69 Å². The molecule has 0 aliphatic heterocycles. The largest absolute Gasteiger partial charge is 0.399 e. The molecule has 0 unspecified atom stereocenters. The van der Waals surface area contributed by atoms with Crippen molar-refractivity contribution in [1.29, 1.82) is 5.41 Å². The third kappa shape index (κ3) is 2.17. The highest BCUT2D eigenvalue weighted by atomic mass is 14.8. The molecule has 4 nitrogen and oxygen atoms in total. The van der Waals surface area contributed by atoms with Crippen LogP contribution >= 0.6 is 0 Å². The van der Waals surface area contributed by atoms with Crippen molar-refractivity contribution < 1.29 is 0 Å². The fraction of sp³-hybridized carbons (Fsp3) is 0. The van der Waals surface area contributed by atoms with Crippen molar-refractivity contribution >= 4 is 22.8 Å². The number of hydrogen-bond acceptors (Lipinski definition) is 4. The highest BCUT2D eigenvalue weighted by molar-refractivity contribution is 6.20. The number of nitrogens with one attached hydrogen (secondary N) is 1. The van der Waals surface area contributed by atoms with E-state index < -0.39 is 0 Å². The van der Waals surface area contributed by atoms with Crippen LogP contribution in [0, 0.1) is 5.41 Å². The zero-order chi connectivity index (χ0) is 11.5.